The van der Waals surface area contributed by atoms with Gasteiger partial charge in [0.15, 0.2) is 5.17 Å². The average Bonchev–Trinajstić information content (AvgIpc) is 3.48. The van der Waals surface area contributed by atoms with Gasteiger partial charge < -0.3 is 14.4 Å². The fourth-order valence-electron chi connectivity index (χ4n) is 3.81. The Kier molecular flexibility index (Phi) is 6.78. The summed E-state index contributed by atoms with van der Waals surface area (Å²) in [5.74, 6) is 0.585. The number of aliphatic imine (C=N–C) groups is 1. The lowest BCUT2D eigenvalue weighted by atomic mass is 10.1. The number of morpholine rings is 1. The number of benzene rings is 2. The minimum absolute atomic E-state index is 0.218. The highest BCUT2D eigenvalue weighted by Gasteiger charge is 2.28. The van der Waals surface area contributed by atoms with E-state index in [1.165, 1.54) is 11.8 Å². The van der Waals surface area contributed by atoms with Crippen molar-refractivity contribution in [3.8, 4) is 22.7 Å². The molecule has 3 aromatic rings. The molecule has 2 aliphatic heterocycles. The van der Waals surface area contributed by atoms with Crippen LogP contribution in [-0.2, 0) is 9.53 Å². The van der Waals surface area contributed by atoms with Crippen LogP contribution in [0.2, 0.25) is 0 Å². The molecule has 1 saturated heterocycles. The molecule has 3 heterocycles. The molecular formula is C26H26N4O3S. The number of amides is 1. The minimum Gasteiger partial charge on any atom is -0.494 e. The largest absolute Gasteiger partial charge is 0.494 e. The fraction of sp³-hybridized carbons (Fsp3) is 0.269. The van der Waals surface area contributed by atoms with E-state index >= 15 is 0 Å². The molecule has 1 amide bonds. The SMILES string of the molecule is CCCOc1cccc(-c2nn(-c3ccccc3)cc2/C=C2\SC(N3CCOCC3)=NC2=O)c1. The number of thioether (sulfide) groups is 1. The zero-order chi connectivity index (χ0) is 23.3. The summed E-state index contributed by atoms with van der Waals surface area (Å²) in [4.78, 5) is 19.7. The van der Waals surface area contributed by atoms with Crippen LogP contribution in [0.5, 0.6) is 5.75 Å². The zero-order valence-corrected chi connectivity index (χ0v) is 19.8. The van der Waals surface area contributed by atoms with Crippen molar-refractivity contribution in [3.63, 3.8) is 0 Å². The van der Waals surface area contributed by atoms with E-state index in [-0.39, 0.29) is 5.91 Å². The molecule has 0 atom stereocenters. The summed E-state index contributed by atoms with van der Waals surface area (Å²) in [6.07, 6.45) is 4.79. The second kappa shape index (κ2) is 10.3. The van der Waals surface area contributed by atoms with E-state index in [0.29, 0.717) is 24.7 Å². The molecule has 174 valence electrons. The summed E-state index contributed by atoms with van der Waals surface area (Å²) >= 11 is 1.41. The number of nitrogens with zero attached hydrogens (tertiary/aromatic N) is 4. The number of carbonyl (C=O) groups excluding carboxylic acids is 1. The standard InChI is InChI=1S/C26H26N4O3S/c1-2-13-33-22-10-6-7-19(16-22)24-20(18-30(28-24)21-8-4-3-5-9-21)17-23-25(31)27-26(34-23)29-11-14-32-15-12-29/h3-10,16-18H,2,11-15H2,1H3/b23-17-. The third-order valence-corrected chi connectivity index (χ3v) is 6.57. The molecule has 1 aromatic heterocycles. The molecule has 2 aromatic carbocycles. The maximum atomic E-state index is 12.7. The number of ether oxygens (including phenoxy) is 2. The number of aromatic nitrogens is 2. The Morgan fingerprint density at radius 2 is 1.94 bits per heavy atom. The van der Waals surface area contributed by atoms with E-state index < -0.39 is 0 Å². The Hall–Kier alpha value is -3.36. The Morgan fingerprint density at radius 1 is 1.12 bits per heavy atom. The Balaban J connectivity index is 1.50. The van der Waals surface area contributed by atoms with Gasteiger partial charge in [-0.25, -0.2) is 4.68 Å². The minimum atomic E-state index is -0.218. The molecule has 0 radical (unpaired) electrons. The van der Waals surface area contributed by atoms with Crippen molar-refractivity contribution in [3.05, 3.63) is 71.3 Å². The van der Waals surface area contributed by atoms with Crippen LogP contribution in [0.4, 0.5) is 0 Å². The number of carbonyl (C=O) groups is 1. The van der Waals surface area contributed by atoms with Gasteiger partial charge in [0, 0.05) is 30.4 Å². The van der Waals surface area contributed by atoms with Crippen LogP contribution in [0.15, 0.2) is 70.7 Å². The third kappa shape index (κ3) is 4.93. The van der Waals surface area contributed by atoms with Crippen molar-refractivity contribution in [2.75, 3.05) is 32.9 Å². The number of amidine groups is 1. The molecule has 0 bridgehead atoms. The Labute approximate surface area is 203 Å². The number of hydrogen-bond acceptors (Lipinski definition) is 6. The second-order valence-corrected chi connectivity index (χ2v) is 9.01. The van der Waals surface area contributed by atoms with Crippen molar-refractivity contribution in [2.24, 2.45) is 4.99 Å². The van der Waals surface area contributed by atoms with Crippen LogP contribution >= 0.6 is 11.8 Å². The van der Waals surface area contributed by atoms with Crippen LogP contribution in [0, 0.1) is 0 Å². The lowest BCUT2D eigenvalue weighted by Gasteiger charge is -2.27. The first-order valence-electron chi connectivity index (χ1n) is 11.4. The molecule has 0 N–H and O–H groups in total. The molecule has 0 saturated carbocycles. The lowest BCUT2D eigenvalue weighted by molar-refractivity contribution is -0.113. The van der Waals surface area contributed by atoms with E-state index in [2.05, 4.69) is 16.8 Å². The monoisotopic (exact) mass is 474 g/mol. The normalized spacial score (nSPS) is 17.3. The van der Waals surface area contributed by atoms with Crippen LogP contribution < -0.4 is 4.74 Å². The molecule has 8 heteroatoms. The average molecular weight is 475 g/mol. The quantitative estimate of drug-likeness (QED) is 0.485. The summed E-state index contributed by atoms with van der Waals surface area (Å²) in [5, 5.41) is 5.62. The van der Waals surface area contributed by atoms with Gasteiger partial charge in [0.1, 0.15) is 11.4 Å². The van der Waals surface area contributed by atoms with Crippen molar-refractivity contribution in [1.82, 2.24) is 14.7 Å². The molecule has 2 aliphatic rings. The van der Waals surface area contributed by atoms with Gasteiger partial charge in [-0.2, -0.15) is 10.1 Å². The van der Waals surface area contributed by atoms with E-state index in [4.69, 9.17) is 14.6 Å². The number of para-hydroxylation sites is 1. The molecule has 34 heavy (non-hydrogen) atoms. The van der Waals surface area contributed by atoms with E-state index in [0.717, 1.165) is 52.9 Å². The summed E-state index contributed by atoms with van der Waals surface area (Å²) in [6.45, 7) is 5.53. The van der Waals surface area contributed by atoms with Gasteiger partial charge in [0.05, 0.1) is 30.4 Å². The van der Waals surface area contributed by atoms with Gasteiger partial charge in [-0.1, -0.05) is 37.3 Å². The first-order chi connectivity index (χ1) is 16.7. The maximum absolute atomic E-state index is 12.7. The lowest BCUT2D eigenvalue weighted by Crippen LogP contribution is -2.38. The van der Waals surface area contributed by atoms with Gasteiger partial charge in [-0.15, -0.1) is 0 Å². The molecule has 5 rings (SSSR count). The van der Waals surface area contributed by atoms with Crippen LogP contribution in [0.25, 0.3) is 23.0 Å². The summed E-state index contributed by atoms with van der Waals surface area (Å²) < 4.78 is 13.1. The van der Waals surface area contributed by atoms with E-state index in [9.17, 15) is 4.79 Å². The van der Waals surface area contributed by atoms with Gasteiger partial charge >= 0.3 is 0 Å². The van der Waals surface area contributed by atoms with Gasteiger partial charge in [0.25, 0.3) is 5.91 Å². The molecule has 0 spiro atoms. The molecule has 7 nitrogen and oxygen atoms in total. The van der Waals surface area contributed by atoms with Gasteiger partial charge in [0.2, 0.25) is 0 Å². The summed E-state index contributed by atoms with van der Waals surface area (Å²) in [5.41, 5.74) is 3.51. The predicted octanol–water partition coefficient (Wildman–Crippen LogP) is 4.63. The molecule has 0 aliphatic carbocycles. The van der Waals surface area contributed by atoms with Crippen molar-refractivity contribution >= 4 is 28.9 Å². The molecule has 0 unspecified atom stereocenters. The topological polar surface area (TPSA) is 68.9 Å². The third-order valence-electron chi connectivity index (χ3n) is 5.52. The smallest absolute Gasteiger partial charge is 0.286 e. The highest BCUT2D eigenvalue weighted by molar-refractivity contribution is 8.18. The van der Waals surface area contributed by atoms with Crippen LogP contribution in [0.3, 0.4) is 0 Å². The number of hydrogen-bond donors (Lipinski definition) is 0. The number of rotatable bonds is 6. The predicted molar refractivity (Wildman–Crippen MR) is 135 cm³/mol. The zero-order valence-electron chi connectivity index (χ0n) is 19.0. The second-order valence-electron chi connectivity index (χ2n) is 8.00. The maximum Gasteiger partial charge on any atom is 0.286 e. The van der Waals surface area contributed by atoms with Crippen molar-refractivity contribution in [2.45, 2.75) is 13.3 Å². The van der Waals surface area contributed by atoms with E-state index in [1.807, 2.05) is 71.6 Å². The molecular weight excluding hydrogens is 448 g/mol. The van der Waals surface area contributed by atoms with Gasteiger partial charge in [-0.3, -0.25) is 4.79 Å². The fourth-order valence-corrected chi connectivity index (χ4v) is 4.77. The highest BCUT2D eigenvalue weighted by Crippen LogP contribution is 2.34. The van der Waals surface area contributed by atoms with Crippen molar-refractivity contribution < 1.29 is 14.3 Å². The van der Waals surface area contributed by atoms with E-state index in [1.54, 1.807) is 0 Å². The van der Waals surface area contributed by atoms with Crippen LogP contribution in [-0.4, -0.2) is 58.7 Å². The van der Waals surface area contributed by atoms with Crippen LogP contribution in [0.1, 0.15) is 18.9 Å². The first-order valence-corrected chi connectivity index (χ1v) is 12.3. The Morgan fingerprint density at radius 3 is 2.74 bits per heavy atom. The summed E-state index contributed by atoms with van der Waals surface area (Å²) in [7, 11) is 0. The molecule has 1 fully saturated rings. The summed E-state index contributed by atoms with van der Waals surface area (Å²) in [6, 6.07) is 17.9. The highest BCUT2D eigenvalue weighted by atomic mass is 32.2. The first kappa shape index (κ1) is 22.4. The van der Waals surface area contributed by atoms with Gasteiger partial charge in [-0.05, 0) is 48.5 Å². The Bertz CT molecular complexity index is 1230. The van der Waals surface area contributed by atoms with Crippen molar-refractivity contribution in [1.29, 1.82) is 0 Å².